The monoisotopic (exact) mass is 216 g/mol. The van der Waals surface area contributed by atoms with E-state index in [1.165, 1.54) is 0 Å². The number of carbonyl (C=O) groups excluding carboxylic acids is 3. The molecule has 0 aromatic carbocycles. The van der Waals surface area contributed by atoms with E-state index in [4.69, 9.17) is 5.11 Å². The highest BCUT2D eigenvalue weighted by molar-refractivity contribution is 5.86. The zero-order valence-corrected chi connectivity index (χ0v) is 8.01. The second-order valence-corrected chi connectivity index (χ2v) is 2.72. The summed E-state index contributed by atoms with van der Waals surface area (Å²) in [4.78, 5) is 41.5. The molecule has 7 heteroatoms. The van der Waals surface area contributed by atoms with Crippen LogP contribution in [0.3, 0.4) is 0 Å². The van der Waals surface area contributed by atoms with Gasteiger partial charge in [0, 0.05) is 12.8 Å². The van der Waals surface area contributed by atoms with E-state index in [0.717, 1.165) is 0 Å². The predicted molar refractivity (Wildman–Crippen MR) is 48.2 cm³/mol. The van der Waals surface area contributed by atoms with Crippen LogP contribution in [-0.4, -0.2) is 34.8 Å². The average Bonchev–Trinajstić information content (AvgIpc) is 2.20. The van der Waals surface area contributed by atoms with Crippen LogP contribution >= 0.6 is 0 Å². The molecule has 0 aromatic heterocycles. The van der Waals surface area contributed by atoms with Crippen molar-refractivity contribution in [3.63, 3.8) is 0 Å². The molecule has 0 unspecified atom stereocenters. The van der Waals surface area contributed by atoms with Gasteiger partial charge in [0.1, 0.15) is 0 Å². The van der Waals surface area contributed by atoms with Crippen LogP contribution in [-0.2, 0) is 19.2 Å². The van der Waals surface area contributed by atoms with Gasteiger partial charge < -0.3 is 5.11 Å². The molecule has 0 bridgehead atoms. The normalized spacial score (nSPS) is 9.07. The van der Waals surface area contributed by atoms with Crippen molar-refractivity contribution in [1.29, 1.82) is 0 Å². The summed E-state index contributed by atoms with van der Waals surface area (Å²) in [6.07, 6.45) is 1.12. The largest absolute Gasteiger partial charge is 0.481 e. The maximum Gasteiger partial charge on any atom is 0.303 e. The van der Waals surface area contributed by atoms with Crippen molar-refractivity contribution in [2.24, 2.45) is 0 Å². The first kappa shape index (κ1) is 13.1. The van der Waals surface area contributed by atoms with Crippen LogP contribution in [0, 0.1) is 0 Å². The van der Waals surface area contributed by atoms with Crippen LogP contribution in [0.4, 0.5) is 0 Å². The molecule has 0 aliphatic rings. The van der Waals surface area contributed by atoms with Gasteiger partial charge in [0.05, 0.1) is 0 Å². The van der Waals surface area contributed by atoms with Crippen molar-refractivity contribution in [3.8, 4) is 0 Å². The van der Waals surface area contributed by atoms with Crippen molar-refractivity contribution in [2.45, 2.75) is 25.7 Å². The molecular formula is C8H12N2O5. The minimum Gasteiger partial charge on any atom is -0.481 e. The second-order valence-electron chi connectivity index (χ2n) is 2.72. The molecule has 0 heterocycles. The summed E-state index contributed by atoms with van der Waals surface area (Å²) in [6.45, 7) is 0. The van der Waals surface area contributed by atoms with E-state index in [2.05, 4.69) is 0 Å². The fraction of sp³-hybridized carbons (Fsp3) is 0.500. The zero-order chi connectivity index (χ0) is 11.7. The van der Waals surface area contributed by atoms with Gasteiger partial charge in [0.2, 0.25) is 18.7 Å². The standard InChI is InChI=1S/C8H12N2O5/c11-5-9-10(6-12)7(13)3-1-2-4-8(14)15/h5-6H,1-4H2,(H,9,11)(H,14,15). The molecule has 3 amide bonds. The van der Waals surface area contributed by atoms with Gasteiger partial charge in [-0.2, -0.15) is 5.01 Å². The highest BCUT2D eigenvalue weighted by Gasteiger charge is 2.11. The number of nitrogens with zero attached hydrogens (tertiary/aromatic N) is 1. The lowest BCUT2D eigenvalue weighted by Gasteiger charge is -2.12. The number of imide groups is 1. The molecule has 0 spiro atoms. The van der Waals surface area contributed by atoms with E-state index >= 15 is 0 Å². The van der Waals surface area contributed by atoms with Crippen LogP contribution in [0.5, 0.6) is 0 Å². The molecule has 0 radical (unpaired) electrons. The van der Waals surface area contributed by atoms with E-state index in [1.807, 2.05) is 5.43 Å². The van der Waals surface area contributed by atoms with Gasteiger partial charge in [-0.1, -0.05) is 0 Å². The van der Waals surface area contributed by atoms with Gasteiger partial charge >= 0.3 is 5.97 Å². The Balaban J connectivity index is 3.75. The number of hydrogen-bond donors (Lipinski definition) is 2. The van der Waals surface area contributed by atoms with Crippen LogP contribution in [0.15, 0.2) is 0 Å². The molecular weight excluding hydrogens is 204 g/mol. The minimum atomic E-state index is -0.930. The number of aliphatic carboxylic acids is 1. The fourth-order valence-electron chi connectivity index (χ4n) is 0.891. The lowest BCUT2D eigenvalue weighted by atomic mass is 10.2. The maximum absolute atomic E-state index is 11.1. The van der Waals surface area contributed by atoms with E-state index in [-0.39, 0.29) is 25.7 Å². The summed E-state index contributed by atoms with van der Waals surface area (Å²) >= 11 is 0. The number of nitrogens with one attached hydrogen (secondary N) is 1. The highest BCUT2D eigenvalue weighted by atomic mass is 16.4. The Kier molecular flexibility index (Phi) is 6.52. The summed E-state index contributed by atoms with van der Waals surface area (Å²) in [5.41, 5.74) is 1.90. The topological polar surface area (TPSA) is 104 Å². The SMILES string of the molecule is O=CNN(C=O)C(=O)CCCCC(=O)O. The summed E-state index contributed by atoms with van der Waals surface area (Å²) < 4.78 is 0. The van der Waals surface area contributed by atoms with Crippen molar-refractivity contribution in [2.75, 3.05) is 0 Å². The average molecular weight is 216 g/mol. The number of rotatable bonds is 8. The van der Waals surface area contributed by atoms with Crippen LogP contribution in [0.25, 0.3) is 0 Å². The number of unbranched alkanes of at least 4 members (excludes halogenated alkanes) is 1. The van der Waals surface area contributed by atoms with E-state index in [9.17, 15) is 19.2 Å². The Bertz CT molecular complexity index is 253. The Morgan fingerprint density at radius 1 is 1.20 bits per heavy atom. The van der Waals surface area contributed by atoms with E-state index in [1.54, 1.807) is 0 Å². The number of carboxylic acids is 1. The maximum atomic E-state index is 11.1. The van der Waals surface area contributed by atoms with Gasteiger partial charge in [-0.25, -0.2) is 0 Å². The van der Waals surface area contributed by atoms with Crippen LogP contribution in [0.2, 0.25) is 0 Å². The molecule has 0 atom stereocenters. The Morgan fingerprint density at radius 2 is 1.80 bits per heavy atom. The lowest BCUT2D eigenvalue weighted by Crippen LogP contribution is -2.40. The first-order chi connectivity index (χ1) is 7.11. The molecule has 15 heavy (non-hydrogen) atoms. The van der Waals surface area contributed by atoms with Gasteiger partial charge in [0.25, 0.3) is 0 Å². The van der Waals surface area contributed by atoms with Crippen molar-refractivity contribution in [1.82, 2.24) is 10.4 Å². The van der Waals surface area contributed by atoms with Gasteiger partial charge in [-0.3, -0.25) is 24.6 Å². The van der Waals surface area contributed by atoms with Crippen molar-refractivity contribution >= 4 is 24.7 Å². The fourth-order valence-corrected chi connectivity index (χ4v) is 0.891. The third-order valence-corrected chi connectivity index (χ3v) is 1.60. The smallest absolute Gasteiger partial charge is 0.303 e. The molecule has 0 aromatic rings. The number of amides is 3. The summed E-state index contributed by atoms with van der Waals surface area (Å²) in [5, 5.41) is 8.83. The number of carbonyl (C=O) groups is 4. The van der Waals surface area contributed by atoms with Crippen LogP contribution < -0.4 is 5.43 Å². The first-order valence-corrected chi connectivity index (χ1v) is 4.30. The Hall–Kier alpha value is -1.92. The number of hydrazine groups is 1. The quantitative estimate of drug-likeness (QED) is 0.316. The first-order valence-electron chi connectivity index (χ1n) is 4.30. The van der Waals surface area contributed by atoms with Gasteiger partial charge in [-0.15, -0.1) is 0 Å². The van der Waals surface area contributed by atoms with Gasteiger partial charge in [-0.05, 0) is 12.8 Å². The summed E-state index contributed by atoms with van der Waals surface area (Å²) in [5.74, 6) is -1.50. The third-order valence-electron chi connectivity index (χ3n) is 1.60. The van der Waals surface area contributed by atoms with Gasteiger partial charge in [0.15, 0.2) is 0 Å². The minimum absolute atomic E-state index is 0.0184. The second kappa shape index (κ2) is 7.48. The molecule has 0 aliphatic carbocycles. The third kappa shape index (κ3) is 6.19. The lowest BCUT2D eigenvalue weighted by molar-refractivity contribution is -0.145. The molecule has 0 fully saturated rings. The van der Waals surface area contributed by atoms with Crippen molar-refractivity contribution in [3.05, 3.63) is 0 Å². The molecule has 0 rings (SSSR count). The molecule has 0 aliphatic heterocycles. The predicted octanol–water partition coefficient (Wildman–Crippen LogP) is -0.723. The molecule has 84 valence electrons. The van der Waals surface area contributed by atoms with E-state index in [0.29, 0.717) is 17.9 Å². The Labute approximate surface area is 86.0 Å². The van der Waals surface area contributed by atoms with Crippen molar-refractivity contribution < 1.29 is 24.3 Å². The number of carboxylic acid groups (broad SMARTS) is 1. The molecule has 2 N–H and O–H groups in total. The summed E-state index contributed by atoms with van der Waals surface area (Å²) in [6, 6.07) is 0. The number of hydrogen-bond acceptors (Lipinski definition) is 4. The molecule has 0 saturated heterocycles. The molecule has 7 nitrogen and oxygen atoms in total. The zero-order valence-electron chi connectivity index (χ0n) is 8.01. The van der Waals surface area contributed by atoms with Crippen LogP contribution in [0.1, 0.15) is 25.7 Å². The summed E-state index contributed by atoms with van der Waals surface area (Å²) in [7, 11) is 0. The van der Waals surface area contributed by atoms with E-state index < -0.39 is 11.9 Å². The molecule has 0 saturated carbocycles. The highest BCUT2D eigenvalue weighted by Crippen LogP contribution is 2.01. The Morgan fingerprint density at radius 3 is 2.27 bits per heavy atom.